The third kappa shape index (κ3) is 4.71. The summed E-state index contributed by atoms with van der Waals surface area (Å²) in [5, 5.41) is 3.60. The third-order valence-electron chi connectivity index (χ3n) is 5.74. The summed E-state index contributed by atoms with van der Waals surface area (Å²) in [7, 11) is 0. The van der Waals surface area contributed by atoms with Gasteiger partial charge < -0.3 is 5.32 Å². The van der Waals surface area contributed by atoms with Crippen LogP contribution in [-0.4, -0.2) is 21.2 Å². The zero-order valence-electron chi connectivity index (χ0n) is 19.2. The molecule has 1 N–H and O–H groups in total. The number of carbonyl (C=O) groups excluding carboxylic acids is 2. The Bertz CT molecular complexity index is 1660. The summed E-state index contributed by atoms with van der Waals surface area (Å²) in [5.74, 6) is -0.290. The van der Waals surface area contributed by atoms with E-state index >= 15 is 0 Å². The molecule has 0 bridgehead atoms. The number of halogens is 1. The Morgan fingerprint density at radius 3 is 2.39 bits per heavy atom. The first-order valence-corrected chi connectivity index (χ1v) is 12.4. The van der Waals surface area contributed by atoms with Crippen molar-refractivity contribution in [1.29, 1.82) is 0 Å². The lowest BCUT2D eigenvalue weighted by Gasteiger charge is -2.13. The zero-order chi connectivity index (χ0) is 25.2. The molecule has 0 aliphatic heterocycles. The maximum atomic E-state index is 13.3. The second-order valence-electron chi connectivity index (χ2n) is 8.18. The van der Waals surface area contributed by atoms with E-state index in [1.165, 1.54) is 22.0 Å². The third-order valence-corrected chi connectivity index (χ3v) is 7.05. The molecular formula is C28H20ClN3O3S. The topological polar surface area (TPSA) is 81.1 Å². The van der Waals surface area contributed by atoms with Crippen molar-refractivity contribution in [2.24, 2.45) is 0 Å². The van der Waals surface area contributed by atoms with E-state index in [0.29, 0.717) is 32.3 Å². The number of aromatic nitrogens is 2. The number of carbonyl (C=O) groups is 2. The molecule has 6 nitrogen and oxygen atoms in total. The molecule has 5 aromatic rings. The van der Waals surface area contributed by atoms with Crippen LogP contribution in [0.2, 0.25) is 5.02 Å². The Hall–Kier alpha value is -4.07. The van der Waals surface area contributed by atoms with Gasteiger partial charge in [0.25, 0.3) is 5.56 Å². The van der Waals surface area contributed by atoms with E-state index < -0.39 is 5.91 Å². The van der Waals surface area contributed by atoms with Crippen molar-refractivity contribution in [3.63, 3.8) is 0 Å². The van der Waals surface area contributed by atoms with Gasteiger partial charge >= 0.3 is 0 Å². The predicted molar refractivity (Wildman–Crippen MR) is 144 cm³/mol. The van der Waals surface area contributed by atoms with Gasteiger partial charge in [-0.2, -0.15) is 0 Å². The lowest BCUT2D eigenvalue weighted by atomic mass is 10.0. The monoisotopic (exact) mass is 513 g/mol. The quantitative estimate of drug-likeness (QED) is 0.284. The van der Waals surface area contributed by atoms with E-state index in [1.54, 1.807) is 43.3 Å². The summed E-state index contributed by atoms with van der Waals surface area (Å²) < 4.78 is 1.34. The predicted octanol–water partition coefficient (Wildman–Crippen LogP) is 5.96. The molecule has 1 amide bonds. The number of thiophene rings is 1. The highest BCUT2D eigenvalue weighted by atomic mass is 35.5. The Morgan fingerprint density at radius 2 is 1.67 bits per heavy atom. The molecule has 5 rings (SSSR count). The molecule has 3 aromatic carbocycles. The summed E-state index contributed by atoms with van der Waals surface area (Å²) in [5.41, 5.74) is 1.77. The molecule has 0 unspecified atom stereocenters. The van der Waals surface area contributed by atoms with Crippen LogP contribution < -0.4 is 10.9 Å². The van der Waals surface area contributed by atoms with Gasteiger partial charge in [0.05, 0.1) is 11.1 Å². The molecule has 0 aliphatic rings. The van der Waals surface area contributed by atoms with Crippen molar-refractivity contribution in [3.8, 4) is 10.4 Å². The van der Waals surface area contributed by atoms with E-state index in [4.69, 9.17) is 11.6 Å². The molecule has 8 heteroatoms. The molecule has 0 saturated heterocycles. The second kappa shape index (κ2) is 9.89. The average molecular weight is 514 g/mol. The minimum absolute atomic E-state index is 0.244. The summed E-state index contributed by atoms with van der Waals surface area (Å²) in [4.78, 5) is 45.5. The molecule has 0 aliphatic carbocycles. The fourth-order valence-electron chi connectivity index (χ4n) is 3.94. The van der Waals surface area contributed by atoms with Crippen LogP contribution in [0.4, 0.5) is 5.69 Å². The molecule has 2 heterocycles. The number of nitrogens with zero attached hydrogens (tertiary/aromatic N) is 2. The molecule has 0 radical (unpaired) electrons. The molecule has 0 fully saturated rings. The van der Waals surface area contributed by atoms with E-state index in [9.17, 15) is 14.4 Å². The minimum Gasteiger partial charge on any atom is -0.324 e. The summed E-state index contributed by atoms with van der Waals surface area (Å²) in [6, 6.07) is 25.0. The molecular weight excluding hydrogens is 494 g/mol. The van der Waals surface area contributed by atoms with Gasteiger partial charge in [-0.25, -0.2) is 4.98 Å². The molecule has 2 aromatic heterocycles. The maximum absolute atomic E-state index is 13.3. The Kier molecular flexibility index (Phi) is 6.50. The van der Waals surface area contributed by atoms with Crippen LogP contribution in [0.15, 0.2) is 89.7 Å². The van der Waals surface area contributed by atoms with Crippen molar-refractivity contribution in [2.75, 3.05) is 5.32 Å². The molecule has 36 heavy (non-hydrogen) atoms. The summed E-state index contributed by atoms with van der Waals surface area (Å²) in [6.45, 7) is 1.45. The number of hydrogen-bond acceptors (Lipinski definition) is 5. The van der Waals surface area contributed by atoms with Crippen molar-refractivity contribution < 1.29 is 9.59 Å². The van der Waals surface area contributed by atoms with Gasteiger partial charge in [0.2, 0.25) is 5.91 Å². The summed E-state index contributed by atoms with van der Waals surface area (Å²) >= 11 is 7.58. The van der Waals surface area contributed by atoms with Crippen molar-refractivity contribution in [1.82, 2.24) is 9.55 Å². The first-order valence-electron chi connectivity index (χ1n) is 11.2. The lowest BCUT2D eigenvalue weighted by molar-refractivity contribution is -0.116. The average Bonchev–Trinajstić information content (AvgIpc) is 3.32. The number of aryl methyl sites for hydroxylation is 1. The highest BCUT2D eigenvalue weighted by molar-refractivity contribution is 7.21. The highest BCUT2D eigenvalue weighted by Gasteiger charge is 2.18. The largest absolute Gasteiger partial charge is 0.324 e. The van der Waals surface area contributed by atoms with Gasteiger partial charge in [-0.05, 0) is 36.8 Å². The molecule has 178 valence electrons. The standard InChI is InChI=1S/C28H20ClN3O3S/c1-17-30-27-22(15-24(36-27)18-8-4-2-5-9-18)28(35)32(17)16-25(33)31-23-13-12-20(29)14-21(23)26(34)19-10-6-3-7-11-19/h2-15H,16H2,1H3,(H,31,33). The number of hydrogen-bond donors (Lipinski definition) is 1. The SMILES string of the molecule is Cc1nc2sc(-c3ccccc3)cc2c(=O)n1CC(=O)Nc1ccc(Cl)cc1C(=O)c1ccccc1. The molecule has 0 atom stereocenters. The second-order valence-corrected chi connectivity index (χ2v) is 9.65. The number of amides is 1. The van der Waals surface area contributed by atoms with Gasteiger partial charge in [0.15, 0.2) is 5.78 Å². The van der Waals surface area contributed by atoms with Gasteiger partial charge in [-0.15, -0.1) is 11.3 Å². The van der Waals surface area contributed by atoms with Crippen LogP contribution in [0.25, 0.3) is 20.7 Å². The number of rotatable bonds is 6. The van der Waals surface area contributed by atoms with Crippen LogP contribution in [-0.2, 0) is 11.3 Å². The fourth-order valence-corrected chi connectivity index (χ4v) is 5.19. The number of fused-ring (bicyclic) bond motifs is 1. The van der Waals surface area contributed by atoms with Crippen molar-refractivity contribution >= 4 is 50.5 Å². The summed E-state index contributed by atoms with van der Waals surface area (Å²) in [6.07, 6.45) is 0. The van der Waals surface area contributed by atoms with Crippen LogP contribution in [0.1, 0.15) is 21.7 Å². The van der Waals surface area contributed by atoms with Crippen LogP contribution in [0.3, 0.4) is 0 Å². The van der Waals surface area contributed by atoms with E-state index in [-0.39, 0.29) is 23.5 Å². The Balaban J connectivity index is 1.44. The van der Waals surface area contributed by atoms with Gasteiger partial charge in [0, 0.05) is 21.0 Å². The number of anilines is 1. The van der Waals surface area contributed by atoms with Gasteiger partial charge in [-0.1, -0.05) is 72.3 Å². The Labute approximate surface area is 215 Å². The number of ketones is 1. The molecule has 0 spiro atoms. The van der Waals surface area contributed by atoms with Crippen molar-refractivity contribution in [2.45, 2.75) is 13.5 Å². The zero-order valence-corrected chi connectivity index (χ0v) is 20.8. The first kappa shape index (κ1) is 23.7. The first-order chi connectivity index (χ1) is 17.4. The van der Waals surface area contributed by atoms with E-state index in [2.05, 4.69) is 10.3 Å². The van der Waals surface area contributed by atoms with Crippen LogP contribution in [0.5, 0.6) is 0 Å². The Morgan fingerprint density at radius 1 is 0.972 bits per heavy atom. The maximum Gasteiger partial charge on any atom is 0.262 e. The van der Waals surface area contributed by atoms with Gasteiger partial charge in [-0.3, -0.25) is 19.0 Å². The number of benzene rings is 3. The van der Waals surface area contributed by atoms with E-state index in [0.717, 1.165) is 10.4 Å². The van der Waals surface area contributed by atoms with Gasteiger partial charge in [0.1, 0.15) is 17.2 Å². The highest BCUT2D eigenvalue weighted by Crippen LogP contribution is 2.31. The smallest absolute Gasteiger partial charge is 0.262 e. The fraction of sp³-hybridized carbons (Fsp3) is 0.0714. The lowest BCUT2D eigenvalue weighted by Crippen LogP contribution is -2.30. The molecule has 0 saturated carbocycles. The van der Waals surface area contributed by atoms with E-state index in [1.807, 2.05) is 42.5 Å². The number of nitrogens with one attached hydrogen (secondary N) is 1. The normalized spacial score (nSPS) is 10.9. The van der Waals surface area contributed by atoms with Crippen LogP contribution >= 0.6 is 22.9 Å². The van der Waals surface area contributed by atoms with Crippen LogP contribution in [0, 0.1) is 6.92 Å². The minimum atomic E-state index is -0.454. The van der Waals surface area contributed by atoms with Crippen molar-refractivity contribution in [3.05, 3.63) is 117 Å².